The van der Waals surface area contributed by atoms with Gasteiger partial charge in [0.2, 0.25) is 5.91 Å². The number of nitrogens with zero attached hydrogens (tertiary/aromatic N) is 5. The molecule has 10 heteroatoms. The lowest BCUT2D eigenvalue weighted by Gasteiger charge is -2.26. The normalized spacial score (nSPS) is 15.5. The number of para-hydroxylation sites is 1. The molecule has 222 valence electrons. The summed E-state index contributed by atoms with van der Waals surface area (Å²) >= 11 is 0. The average molecular weight is 573 g/mol. The maximum Gasteiger partial charge on any atom is 0.337 e. The van der Waals surface area contributed by atoms with E-state index in [0.29, 0.717) is 56.9 Å². The number of unbranched alkanes of at least 4 members (excludes halogenated alkanes) is 1. The molecular weight excluding hydrogens is 532 g/mol. The summed E-state index contributed by atoms with van der Waals surface area (Å²) in [6.45, 7) is 5.16. The van der Waals surface area contributed by atoms with Crippen LogP contribution in [0.1, 0.15) is 54.4 Å². The van der Waals surface area contributed by atoms with Gasteiger partial charge in [0.15, 0.2) is 5.82 Å². The molecule has 10 nitrogen and oxygen atoms in total. The summed E-state index contributed by atoms with van der Waals surface area (Å²) in [6.07, 6.45) is 3.88. The van der Waals surface area contributed by atoms with E-state index in [1.54, 1.807) is 12.1 Å². The van der Waals surface area contributed by atoms with Crippen LogP contribution in [-0.4, -0.2) is 80.7 Å². The van der Waals surface area contributed by atoms with Crippen molar-refractivity contribution in [1.29, 1.82) is 0 Å². The van der Waals surface area contributed by atoms with Crippen LogP contribution in [0.25, 0.3) is 21.9 Å². The van der Waals surface area contributed by atoms with Gasteiger partial charge in [-0.2, -0.15) is 0 Å². The number of esters is 1. The maximum absolute atomic E-state index is 13.6. The number of nitrogens with two attached hydrogens (primary N) is 1. The second kappa shape index (κ2) is 13.3. The molecule has 2 aromatic carbocycles. The zero-order valence-corrected chi connectivity index (χ0v) is 24.5. The molecule has 1 atom stereocenters. The van der Waals surface area contributed by atoms with Crippen molar-refractivity contribution in [3.8, 4) is 0 Å². The summed E-state index contributed by atoms with van der Waals surface area (Å²) in [5.74, 6) is 0.989. The van der Waals surface area contributed by atoms with Gasteiger partial charge in [0.25, 0.3) is 0 Å². The summed E-state index contributed by atoms with van der Waals surface area (Å²) in [4.78, 5) is 39.1. The van der Waals surface area contributed by atoms with E-state index in [1.807, 2.05) is 40.1 Å². The number of imidazole rings is 1. The Bertz CT molecular complexity index is 1570. The highest BCUT2D eigenvalue weighted by Gasteiger charge is 2.25. The van der Waals surface area contributed by atoms with Gasteiger partial charge >= 0.3 is 5.97 Å². The number of pyridine rings is 1. The largest absolute Gasteiger partial charge is 0.465 e. The molecular formula is C32H40N6O4. The first kappa shape index (κ1) is 29.5. The predicted octanol–water partition coefficient (Wildman–Crippen LogP) is 3.78. The van der Waals surface area contributed by atoms with Crippen molar-refractivity contribution < 1.29 is 19.4 Å². The van der Waals surface area contributed by atoms with Crippen LogP contribution in [0.4, 0.5) is 5.82 Å². The lowest BCUT2D eigenvalue weighted by molar-refractivity contribution is -0.133. The zero-order chi connectivity index (χ0) is 29.6. The van der Waals surface area contributed by atoms with Gasteiger partial charge in [-0.05, 0) is 43.0 Å². The molecule has 3 N–H and O–H groups in total. The minimum absolute atomic E-state index is 0.00633. The topological polar surface area (TPSA) is 127 Å². The highest BCUT2D eigenvalue weighted by atomic mass is 16.5. The average Bonchev–Trinajstić information content (AvgIpc) is 3.58. The van der Waals surface area contributed by atoms with E-state index in [4.69, 9.17) is 15.5 Å². The van der Waals surface area contributed by atoms with Gasteiger partial charge < -0.3 is 25.0 Å². The SMILES string of the molecule is CCCCc1nc2c(N)nc3ccccc3c2n1CCCN(Cc1cccc(C(=O)OC)c1)C(=O)CN1CCC(O)C1. The first-order valence-electron chi connectivity index (χ1n) is 14.8. The van der Waals surface area contributed by atoms with Gasteiger partial charge in [-0.1, -0.05) is 43.7 Å². The minimum Gasteiger partial charge on any atom is -0.465 e. The Morgan fingerprint density at radius 1 is 1.14 bits per heavy atom. The van der Waals surface area contributed by atoms with Gasteiger partial charge in [0.1, 0.15) is 11.3 Å². The molecule has 4 aromatic rings. The number of aromatic nitrogens is 3. The van der Waals surface area contributed by atoms with Crippen molar-refractivity contribution in [2.45, 2.75) is 58.2 Å². The summed E-state index contributed by atoms with van der Waals surface area (Å²) in [5.41, 5.74) is 10.2. The summed E-state index contributed by atoms with van der Waals surface area (Å²) in [6, 6.07) is 15.2. The van der Waals surface area contributed by atoms with E-state index in [0.717, 1.165) is 52.6 Å². The molecule has 0 spiro atoms. The number of hydrogen-bond acceptors (Lipinski definition) is 8. The fourth-order valence-corrected chi connectivity index (χ4v) is 5.77. The fraction of sp³-hybridized carbons (Fsp3) is 0.438. The number of nitrogen functional groups attached to an aromatic ring is 1. The fourth-order valence-electron chi connectivity index (χ4n) is 5.77. The molecule has 0 saturated carbocycles. The maximum atomic E-state index is 13.6. The van der Waals surface area contributed by atoms with Crippen molar-refractivity contribution in [1.82, 2.24) is 24.3 Å². The van der Waals surface area contributed by atoms with Gasteiger partial charge in [-0.25, -0.2) is 14.8 Å². The third-order valence-electron chi connectivity index (χ3n) is 7.93. The number of aryl methyl sites for hydroxylation is 2. The molecule has 1 saturated heterocycles. The molecule has 42 heavy (non-hydrogen) atoms. The summed E-state index contributed by atoms with van der Waals surface area (Å²) < 4.78 is 7.14. The van der Waals surface area contributed by atoms with Crippen molar-refractivity contribution in [2.24, 2.45) is 0 Å². The highest BCUT2D eigenvalue weighted by Crippen LogP contribution is 2.29. The number of rotatable bonds is 12. The number of benzene rings is 2. The monoisotopic (exact) mass is 572 g/mol. The smallest absolute Gasteiger partial charge is 0.337 e. The number of anilines is 1. The Hall–Kier alpha value is -4.02. The third-order valence-corrected chi connectivity index (χ3v) is 7.93. The van der Waals surface area contributed by atoms with Crippen LogP contribution in [0.15, 0.2) is 48.5 Å². The first-order valence-corrected chi connectivity index (χ1v) is 14.8. The number of ether oxygens (including phenoxy) is 1. The van der Waals surface area contributed by atoms with Gasteiger partial charge in [-0.15, -0.1) is 0 Å². The van der Waals surface area contributed by atoms with Crippen molar-refractivity contribution >= 4 is 39.6 Å². The zero-order valence-electron chi connectivity index (χ0n) is 24.5. The Labute approximate surface area is 246 Å². The quantitative estimate of drug-likeness (QED) is 0.246. The van der Waals surface area contributed by atoms with Crippen LogP contribution < -0.4 is 5.73 Å². The third kappa shape index (κ3) is 6.55. The number of aliphatic hydroxyl groups excluding tert-OH is 1. The van der Waals surface area contributed by atoms with E-state index in [-0.39, 0.29) is 12.5 Å². The lowest BCUT2D eigenvalue weighted by Crippen LogP contribution is -2.40. The number of amides is 1. The van der Waals surface area contributed by atoms with Crippen LogP contribution >= 0.6 is 0 Å². The molecule has 1 aliphatic heterocycles. The molecule has 0 radical (unpaired) electrons. The first-order chi connectivity index (χ1) is 20.4. The number of likely N-dealkylation sites (tertiary alicyclic amines) is 1. The van der Waals surface area contributed by atoms with E-state index in [1.165, 1.54) is 7.11 Å². The predicted molar refractivity (Wildman–Crippen MR) is 163 cm³/mol. The molecule has 1 aliphatic rings. The van der Waals surface area contributed by atoms with Crippen LogP contribution in [0.5, 0.6) is 0 Å². The standard InChI is InChI=1S/C32H40N6O4/c1-3-4-13-27-35-29-30(25-11-5-6-12-26(25)34-31(29)33)38(27)16-8-15-37(28(40)21-36-17-14-24(39)20-36)19-22-9-7-10-23(18-22)32(41)42-2/h5-7,9-12,18,24,39H,3-4,8,13-17,19-21H2,1-2H3,(H2,33,34). The van der Waals surface area contributed by atoms with E-state index >= 15 is 0 Å². The number of carbonyl (C=O) groups is 2. The molecule has 1 amide bonds. The van der Waals surface area contributed by atoms with Gasteiger partial charge in [0.05, 0.1) is 36.4 Å². The van der Waals surface area contributed by atoms with Gasteiger partial charge in [0, 0.05) is 44.5 Å². The van der Waals surface area contributed by atoms with E-state index in [9.17, 15) is 14.7 Å². The number of hydrogen-bond donors (Lipinski definition) is 2. The van der Waals surface area contributed by atoms with Crippen molar-refractivity contribution in [3.05, 3.63) is 65.5 Å². The Morgan fingerprint density at radius 2 is 1.98 bits per heavy atom. The minimum atomic E-state index is -0.409. The van der Waals surface area contributed by atoms with Crippen molar-refractivity contribution in [3.63, 3.8) is 0 Å². The molecule has 0 bridgehead atoms. The van der Waals surface area contributed by atoms with Gasteiger partial charge in [-0.3, -0.25) is 9.69 Å². The molecule has 0 aliphatic carbocycles. The summed E-state index contributed by atoms with van der Waals surface area (Å²) in [7, 11) is 1.36. The highest BCUT2D eigenvalue weighted by molar-refractivity contribution is 6.06. The van der Waals surface area contributed by atoms with Crippen LogP contribution in [0.2, 0.25) is 0 Å². The number of aliphatic hydroxyl groups is 1. The lowest BCUT2D eigenvalue weighted by atomic mass is 10.1. The number of carbonyl (C=O) groups excluding carboxylic acids is 2. The summed E-state index contributed by atoms with van der Waals surface area (Å²) in [5, 5.41) is 11.0. The Morgan fingerprint density at radius 3 is 2.74 bits per heavy atom. The molecule has 1 fully saturated rings. The second-order valence-electron chi connectivity index (χ2n) is 11.0. The number of fused-ring (bicyclic) bond motifs is 3. The number of β-amino-alcohol motifs (C(OH)–C–C–N with tert-alkyl or cyclic N) is 1. The van der Waals surface area contributed by atoms with Crippen LogP contribution in [0.3, 0.4) is 0 Å². The van der Waals surface area contributed by atoms with Crippen LogP contribution in [-0.2, 0) is 29.0 Å². The molecule has 5 rings (SSSR count). The molecule has 1 unspecified atom stereocenters. The number of methoxy groups -OCH3 is 1. The van der Waals surface area contributed by atoms with Crippen molar-refractivity contribution in [2.75, 3.05) is 39.0 Å². The Kier molecular flexibility index (Phi) is 9.34. The molecule has 2 aromatic heterocycles. The molecule has 3 heterocycles. The van der Waals surface area contributed by atoms with E-state index in [2.05, 4.69) is 22.5 Å². The Balaban J connectivity index is 1.40. The van der Waals surface area contributed by atoms with Crippen LogP contribution in [0, 0.1) is 0 Å². The second-order valence-corrected chi connectivity index (χ2v) is 11.0. The van der Waals surface area contributed by atoms with E-state index < -0.39 is 12.1 Å².